The maximum absolute atomic E-state index is 6.09. The van der Waals surface area contributed by atoms with E-state index in [1.807, 2.05) is 30.3 Å². The first-order valence-corrected chi connectivity index (χ1v) is 13.4. The Morgan fingerprint density at radius 2 is 1.30 bits per heavy atom. The lowest BCUT2D eigenvalue weighted by molar-refractivity contribution is 0.655. The molecular formula is C36H21N3O. The minimum Gasteiger partial charge on any atom is -0.436 e. The summed E-state index contributed by atoms with van der Waals surface area (Å²) in [5, 5.41) is 5.97. The fraction of sp³-hybridized carbons (Fsp3) is 0. The van der Waals surface area contributed by atoms with Gasteiger partial charge in [-0.15, -0.1) is 0 Å². The van der Waals surface area contributed by atoms with E-state index in [9.17, 15) is 0 Å². The molecule has 186 valence electrons. The van der Waals surface area contributed by atoms with Crippen molar-refractivity contribution < 1.29 is 4.42 Å². The van der Waals surface area contributed by atoms with E-state index < -0.39 is 0 Å². The van der Waals surface area contributed by atoms with E-state index in [1.54, 1.807) is 0 Å². The van der Waals surface area contributed by atoms with Crippen LogP contribution < -0.4 is 0 Å². The van der Waals surface area contributed by atoms with Crippen molar-refractivity contribution in [2.45, 2.75) is 0 Å². The van der Waals surface area contributed by atoms with Gasteiger partial charge in [-0.25, -0.2) is 9.97 Å². The van der Waals surface area contributed by atoms with Gasteiger partial charge >= 0.3 is 0 Å². The normalized spacial score (nSPS) is 12.0. The summed E-state index contributed by atoms with van der Waals surface area (Å²) in [5.41, 5.74) is 9.65. The minimum absolute atomic E-state index is 0.566. The van der Waals surface area contributed by atoms with E-state index in [2.05, 4.69) is 102 Å². The molecule has 0 saturated heterocycles. The van der Waals surface area contributed by atoms with Gasteiger partial charge in [0.1, 0.15) is 11.1 Å². The molecule has 3 heterocycles. The summed E-state index contributed by atoms with van der Waals surface area (Å²) in [6.07, 6.45) is 0. The van der Waals surface area contributed by atoms with Crippen LogP contribution in [0.3, 0.4) is 0 Å². The molecule has 9 rings (SSSR count). The molecule has 4 heteroatoms. The van der Waals surface area contributed by atoms with Crippen molar-refractivity contribution in [3.05, 3.63) is 127 Å². The number of rotatable bonds is 2. The lowest BCUT2D eigenvalue weighted by Gasteiger charge is -2.12. The van der Waals surface area contributed by atoms with Crippen molar-refractivity contribution in [1.82, 2.24) is 14.5 Å². The molecule has 40 heavy (non-hydrogen) atoms. The molecule has 0 amide bonds. The molecule has 0 fully saturated rings. The quantitative estimate of drug-likeness (QED) is 0.232. The second kappa shape index (κ2) is 8.01. The summed E-state index contributed by atoms with van der Waals surface area (Å²) in [7, 11) is 0. The highest BCUT2D eigenvalue weighted by molar-refractivity contribution is 6.18. The lowest BCUT2D eigenvalue weighted by Crippen LogP contribution is -1.95. The highest BCUT2D eigenvalue weighted by Crippen LogP contribution is 2.38. The predicted molar refractivity (Wildman–Crippen MR) is 164 cm³/mol. The highest BCUT2D eigenvalue weighted by Gasteiger charge is 2.16. The molecule has 0 aliphatic heterocycles. The van der Waals surface area contributed by atoms with Gasteiger partial charge in [0.25, 0.3) is 0 Å². The zero-order chi connectivity index (χ0) is 26.2. The van der Waals surface area contributed by atoms with Gasteiger partial charge in [-0.05, 0) is 59.0 Å². The number of nitrogens with zero attached hydrogens (tertiary/aromatic N) is 3. The van der Waals surface area contributed by atoms with E-state index in [0.29, 0.717) is 5.71 Å². The van der Waals surface area contributed by atoms with Crippen molar-refractivity contribution in [2.75, 3.05) is 0 Å². The molecular weight excluding hydrogens is 490 g/mol. The van der Waals surface area contributed by atoms with Crippen molar-refractivity contribution in [3.63, 3.8) is 0 Å². The summed E-state index contributed by atoms with van der Waals surface area (Å²) in [4.78, 5) is 9.61. The standard InChI is InChI=1S/C36H21N3O/c1-2-11-26-22(8-1)16-18-28-27-12-3-6-15-32(27)39(35(26)28)25-10-7-9-23(20-25)24-17-19-33-29(21-24)34-36(40-33)38-31-14-5-4-13-30(31)37-34/h1-21H. The van der Waals surface area contributed by atoms with Gasteiger partial charge < -0.3 is 8.98 Å². The molecule has 9 aromatic rings. The highest BCUT2D eigenvalue weighted by atomic mass is 16.3. The van der Waals surface area contributed by atoms with Gasteiger partial charge in [0.2, 0.25) is 5.71 Å². The summed E-state index contributed by atoms with van der Waals surface area (Å²) < 4.78 is 8.50. The molecule has 0 aliphatic carbocycles. The molecule has 0 radical (unpaired) electrons. The Bertz CT molecular complexity index is 2450. The van der Waals surface area contributed by atoms with Crippen LogP contribution in [0.15, 0.2) is 132 Å². The topological polar surface area (TPSA) is 43.9 Å². The van der Waals surface area contributed by atoms with Gasteiger partial charge in [0.15, 0.2) is 0 Å². The van der Waals surface area contributed by atoms with Gasteiger partial charge in [-0.1, -0.05) is 84.9 Å². The Morgan fingerprint density at radius 3 is 2.23 bits per heavy atom. The van der Waals surface area contributed by atoms with Crippen LogP contribution in [0.1, 0.15) is 0 Å². The largest absolute Gasteiger partial charge is 0.436 e. The Labute approximate surface area is 228 Å². The molecule has 0 aliphatic rings. The molecule has 0 saturated carbocycles. The molecule has 0 unspecified atom stereocenters. The zero-order valence-electron chi connectivity index (χ0n) is 21.4. The van der Waals surface area contributed by atoms with Crippen LogP contribution in [0.4, 0.5) is 0 Å². The van der Waals surface area contributed by atoms with Crippen LogP contribution in [-0.2, 0) is 0 Å². The number of para-hydroxylation sites is 3. The van der Waals surface area contributed by atoms with Gasteiger partial charge in [-0.2, -0.15) is 0 Å². The average Bonchev–Trinajstić information content (AvgIpc) is 3.55. The molecule has 0 N–H and O–H groups in total. The second-order valence-corrected chi connectivity index (χ2v) is 10.3. The summed E-state index contributed by atoms with van der Waals surface area (Å²) in [6, 6.07) is 44.8. The van der Waals surface area contributed by atoms with Crippen LogP contribution in [0, 0.1) is 0 Å². The van der Waals surface area contributed by atoms with Crippen molar-refractivity contribution in [2.24, 2.45) is 0 Å². The number of furan rings is 1. The van der Waals surface area contributed by atoms with Crippen LogP contribution >= 0.6 is 0 Å². The fourth-order valence-electron chi connectivity index (χ4n) is 6.14. The maximum Gasteiger partial charge on any atom is 0.246 e. The zero-order valence-corrected chi connectivity index (χ0v) is 21.4. The maximum atomic E-state index is 6.09. The molecule has 0 spiro atoms. The summed E-state index contributed by atoms with van der Waals surface area (Å²) in [5.74, 6) is 0. The Balaban J connectivity index is 1.28. The van der Waals surface area contributed by atoms with Crippen LogP contribution in [-0.4, -0.2) is 14.5 Å². The average molecular weight is 512 g/mol. The number of fused-ring (bicyclic) bond motifs is 9. The smallest absolute Gasteiger partial charge is 0.246 e. The Hall–Kier alpha value is -5.48. The number of aromatic nitrogens is 3. The summed E-state index contributed by atoms with van der Waals surface area (Å²) >= 11 is 0. The minimum atomic E-state index is 0.566. The number of hydrogen-bond donors (Lipinski definition) is 0. The predicted octanol–water partition coefficient (Wildman–Crippen LogP) is 9.45. The lowest BCUT2D eigenvalue weighted by atomic mass is 10.0. The Kier molecular flexibility index (Phi) is 4.30. The van der Waals surface area contributed by atoms with Crippen molar-refractivity contribution in [1.29, 1.82) is 0 Å². The first-order chi connectivity index (χ1) is 19.8. The molecule has 4 nitrogen and oxygen atoms in total. The third-order valence-corrected chi connectivity index (χ3v) is 7.98. The first kappa shape index (κ1) is 21.5. The van der Waals surface area contributed by atoms with E-state index in [1.165, 1.54) is 32.6 Å². The third kappa shape index (κ3) is 3.01. The third-order valence-electron chi connectivity index (χ3n) is 7.98. The van der Waals surface area contributed by atoms with E-state index in [0.717, 1.165) is 44.3 Å². The first-order valence-electron chi connectivity index (χ1n) is 13.4. The van der Waals surface area contributed by atoms with E-state index in [-0.39, 0.29) is 0 Å². The SMILES string of the molecule is c1cc(-c2ccc3oc4nc5ccccc5nc4c3c2)cc(-n2c3ccccc3c3ccc4ccccc4c32)c1. The molecule has 0 atom stereocenters. The molecule has 3 aromatic heterocycles. The summed E-state index contributed by atoms with van der Waals surface area (Å²) in [6.45, 7) is 0. The van der Waals surface area contributed by atoms with Gasteiger partial charge in [0, 0.05) is 27.2 Å². The number of hydrogen-bond acceptors (Lipinski definition) is 3. The van der Waals surface area contributed by atoms with Crippen molar-refractivity contribution in [3.8, 4) is 16.8 Å². The Morgan fingerprint density at radius 1 is 0.525 bits per heavy atom. The molecule has 6 aromatic carbocycles. The van der Waals surface area contributed by atoms with Crippen LogP contribution in [0.5, 0.6) is 0 Å². The van der Waals surface area contributed by atoms with Gasteiger partial charge in [-0.3, -0.25) is 0 Å². The fourth-order valence-corrected chi connectivity index (χ4v) is 6.14. The van der Waals surface area contributed by atoms with Gasteiger partial charge in [0.05, 0.1) is 22.1 Å². The monoisotopic (exact) mass is 511 g/mol. The van der Waals surface area contributed by atoms with E-state index >= 15 is 0 Å². The van der Waals surface area contributed by atoms with Crippen molar-refractivity contribution >= 4 is 65.8 Å². The van der Waals surface area contributed by atoms with Crippen LogP contribution in [0.2, 0.25) is 0 Å². The number of benzene rings is 6. The van der Waals surface area contributed by atoms with Crippen LogP contribution in [0.25, 0.3) is 82.6 Å². The molecule has 0 bridgehead atoms. The second-order valence-electron chi connectivity index (χ2n) is 10.3. The van der Waals surface area contributed by atoms with E-state index in [4.69, 9.17) is 14.4 Å².